The first-order chi connectivity index (χ1) is 8.24. The molecule has 0 bridgehead atoms. The number of halogens is 2. The van der Waals surface area contributed by atoms with Crippen molar-refractivity contribution in [2.24, 2.45) is 0 Å². The van der Waals surface area contributed by atoms with Gasteiger partial charge >= 0.3 is 0 Å². The topological polar surface area (TPSA) is 34.4 Å². The summed E-state index contributed by atoms with van der Waals surface area (Å²) in [7, 11) is 0. The van der Waals surface area contributed by atoms with Gasteiger partial charge in [-0.15, -0.1) is 0 Å². The maximum Gasteiger partial charge on any atom is 0.284 e. The van der Waals surface area contributed by atoms with Gasteiger partial charge in [0.25, 0.3) is 5.76 Å². The number of ether oxygens (including phenoxy) is 1. The minimum absolute atomic E-state index is 0.213. The highest BCUT2D eigenvalue weighted by Crippen LogP contribution is 2.21. The van der Waals surface area contributed by atoms with Crippen LogP contribution in [-0.4, -0.2) is 25.0 Å². The maximum absolute atomic E-state index is 12.0. The molecule has 0 saturated carbocycles. The van der Waals surface area contributed by atoms with Crippen LogP contribution in [0.3, 0.4) is 0 Å². The minimum atomic E-state index is -2.35. The lowest BCUT2D eigenvalue weighted by Crippen LogP contribution is -2.28. The molecule has 0 aromatic carbocycles. The number of hydrogen-bond donors (Lipinski definition) is 1. The third kappa shape index (κ3) is 4.29. The Hall–Kier alpha value is -0.590. The van der Waals surface area contributed by atoms with Gasteiger partial charge in [-0.2, -0.15) is 8.78 Å². The van der Waals surface area contributed by atoms with E-state index in [9.17, 15) is 8.78 Å². The third-order valence-corrected chi connectivity index (χ3v) is 3.27. The van der Waals surface area contributed by atoms with E-state index in [-0.39, 0.29) is 5.75 Å². The molecule has 1 atom stereocenters. The molecule has 96 valence electrons. The number of rotatable bonds is 6. The van der Waals surface area contributed by atoms with E-state index in [2.05, 4.69) is 5.32 Å². The highest BCUT2D eigenvalue weighted by atomic mass is 32.2. The van der Waals surface area contributed by atoms with Crippen LogP contribution in [0.5, 0.6) is 0 Å². The predicted molar refractivity (Wildman–Crippen MR) is 62.1 cm³/mol. The number of thioether (sulfide) groups is 1. The van der Waals surface area contributed by atoms with Gasteiger partial charge in [0.15, 0.2) is 0 Å². The van der Waals surface area contributed by atoms with Gasteiger partial charge in [-0.3, -0.25) is 0 Å². The molecule has 0 aliphatic carbocycles. The number of furan rings is 1. The molecular formula is C11H15F2NO2S. The van der Waals surface area contributed by atoms with Crippen LogP contribution in [0, 0.1) is 0 Å². The van der Waals surface area contributed by atoms with Gasteiger partial charge in [-0.25, -0.2) is 0 Å². The lowest BCUT2D eigenvalue weighted by atomic mass is 10.2. The fourth-order valence-corrected chi connectivity index (χ4v) is 2.13. The molecule has 6 heteroatoms. The summed E-state index contributed by atoms with van der Waals surface area (Å²) in [5.74, 6) is -0.765. The van der Waals surface area contributed by atoms with Crippen molar-refractivity contribution in [3.63, 3.8) is 0 Å². The first kappa shape index (κ1) is 12.9. The van der Waals surface area contributed by atoms with Gasteiger partial charge in [0.1, 0.15) is 11.5 Å². The molecule has 2 rings (SSSR count). The normalized spacial score (nSPS) is 20.3. The lowest BCUT2D eigenvalue weighted by Gasteiger charge is -2.08. The summed E-state index contributed by atoms with van der Waals surface area (Å²) in [6.07, 6.45) is 1.01. The second-order valence-electron chi connectivity index (χ2n) is 3.88. The van der Waals surface area contributed by atoms with Crippen molar-refractivity contribution >= 4 is 11.8 Å². The van der Waals surface area contributed by atoms with E-state index in [0.717, 1.165) is 25.4 Å². The SMILES string of the molecule is FC(F)SCc1ccc(CNC2CCOC2)o1. The van der Waals surface area contributed by atoms with Crippen LogP contribution in [0.1, 0.15) is 17.9 Å². The zero-order valence-electron chi connectivity index (χ0n) is 9.33. The quantitative estimate of drug-likeness (QED) is 0.855. The van der Waals surface area contributed by atoms with Crippen LogP contribution < -0.4 is 5.32 Å². The van der Waals surface area contributed by atoms with Gasteiger partial charge < -0.3 is 14.5 Å². The average Bonchev–Trinajstić information content (AvgIpc) is 2.95. The largest absolute Gasteiger partial charge is 0.464 e. The van der Waals surface area contributed by atoms with E-state index < -0.39 is 5.76 Å². The van der Waals surface area contributed by atoms with Crippen molar-refractivity contribution in [2.75, 3.05) is 13.2 Å². The molecule has 1 aliphatic heterocycles. The van der Waals surface area contributed by atoms with Gasteiger partial charge in [-0.05, 0) is 18.6 Å². The van der Waals surface area contributed by atoms with Crippen LogP contribution in [0.4, 0.5) is 8.78 Å². The summed E-state index contributed by atoms with van der Waals surface area (Å²) in [6.45, 7) is 2.15. The smallest absolute Gasteiger partial charge is 0.284 e. The number of alkyl halides is 2. The first-order valence-electron chi connectivity index (χ1n) is 5.52. The Morgan fingerprint density at radius 2 is 2.24 bits per heavy atom. The molecule has 1 saturated heterocycles. The molecule has 17 heavy (non-hydrogen) atoms. The Labute approximate surface area is 103 Å². The molecule has 1 N–H and O–H groups in total. The van der Waals surface area contributed by atoms with Crippen LogP contribution in [0.2, 0.25) is 0 Å². The Bertz CT molecular complexity index is 340. The van der Waals surface area contributed by atoms with Crippen molar-refractivity contribution < 1.29 is 17.9 Å². The van der Waals surface area contributed by atoms with Crippen molar-refractivity contribution in [1.82, 2.24) is 5.32 Å². The van der Waals surface area contributed by atoms with E-state index in [0.29, 0.717) is 30.1 Å². The van der Waals surface area contributed by atoms with Gasteiger partial charge in [-0.1, -0.05) is 11.8 Å². The summed E-state index contributed by atoms with van der Waals surface area (Å²) in [5, 5.41) is 3.30. The Morgan fingerprint density at radius 1 is 1.41 bits per heavy atom. The molecule has 2 heterocycles. The van der Waals surface area contributed by atoms with Crippen molar-refractivity contribution in [3.8, 4) is 0 Å². The zero-order chi connectivity index (χ0) is 12.1. The molecule has 3 nitrogen and oxygen atoms in total. The Kier molecular flexibility index (Phi) is 4.82. The highest BCUT2D eigenvalue weighted by Gasteiger charge is 2.15. The van der Waals surface area contributed by atoms with Crippen LogP contribution in [0.15, 0.2) is 16.5 Å². The second kappa shape index (κ2) is 6.37. The second-order valence-corrected chi connectivity index (χ2v) is 4.86. The molecule has 0 spiro atoms. The highest BCUT2D eigenvalue weighted by molar-refractivity contribution is 7.98. The average molecular weight is 263 g/mol. The molecule has 1 aliphatic rings. The van der Waals surface area contributed by atoms with E-state index in [1.807, 2.05) is 6.07 Å². The van der Waals surface area contributed by atoms with Crippen LogP contribution in [-0.2, 0) is 17.0 Å². The van der Waals surface area contributed by atoms with Crippen molar-refractivity contribution in [3.05, 3.63) is 23.7 Å². The number of nitrogens with one attached hydrogen (secondary N) is 1. The van der Waals surface area contributed by atoms with E-state index in [4.69, 9.17) is 9.15 Å². The summed E-state index contributed by atoms with van der Waals surface area (Å²) in [5.41, 5.74) is 0. The molecule has 1 unspecified atom stereocenters. The molecule has 0 amide bonds. The monoisotopic (exact) mass is 263 g/mol. The van der Waals surface area contributed by atoms with E-state index >= 15 is 0 Å². The van der Waals surface area contributed by atoms with Crippen molar-refractivity contribution in [1.29, 1.82) is 0 Å². The van der Waals surface area contributed by atoms with Crippen molar-refractivity contribution in [2.45, 2.75) is 30.5 Å². The molecule has 1 fully saturated rings. The fraction of sp³-hybridized carbons (Fsp3) is 0.636. The van der Waals surface area contributed by atoms with Crippen LogP contribution >= 0.6 is 11.8 Å². The zero-order valence-corrected chi connectivity index (χ0v) is 10.1. The van der Waals surface area contributed by atoms with E-state index in [1.165, 1.54) is 0 Å². The molecular weight excluding hydrogens is 248 g/mol. The van der Waals surface area contributed by atoms with Gasteiger partial charge in [0.05, 0.1) is 18.9 Å². The third-order valence-electron chi connectivity index (χ3n) is 2.56. The summed E-state index contributed by atoms with van der Waals surface area (Å²) in [4.78, 5) is 0. The molecule has 1 aromatic heterocycles. The first-order valence-corrected chi connectivity index (χ1v) is 6.57. The van der Waals surface area contributed by atoms with E-state index in [1.54, 1.807) is 6.07 Å². The summed E-state index contributed by atoms with van der Waals surface area (Å²) in [6, 6.07) is 3.95. The Balaban J connectivity index is 1.73. The van der Waals surface area contributed by atoms with Gasteiger partial charge in [0, 0.05) is 12.6 Å². The number of hydrogen-bond acceptors (Lipinski definition) is 4. The predicted octanol–water partition coefficient (Wildman–Crippen LogP) is 2.61. The molecule has 1 aromatic rings. The Morgan fingerprint density at radius 3 is 2.94 bits per heavy atom. The van der Waals surface area contributed by atoms with Gasteiger partial charge in [0.2, 0.25) is 0 Å². The summed E-state index contributed by atoms with van der Waals surface area (Å²) < 4.78 is 34.6. The van der Waals surface area contributed by atoms with Crippen LogP contribution in [0.25, 0.3) is 0 Å². The minimum Gasteiger partial charge on any atom is -0.464 e. The maximum atomic E-state index is 12.0. The summed E-state index contributed by atoms with van der Waals surface area (Å²) >= 11 is 0.574. The standard InChI is InChI=1S/C11H15F2NO2S/c12-11(13)17-7-10-2-1-9(16-10)5-14-8-3-4-15-6-8/h1-2,8,11,14H,3-7H2. The molecule has 0 radical (unpaired) electrons. The fourth-order valence-electron chi connectivity index (χ4n) is 1.68. The lowest BCUT2D eigenvalue weighted by molar-refractivity contribution is 0.189.